The van der Waals surface area contributed by atoms with Gasteiger partial charge in [-0.05, 0) is 35.7 Å². The maximum absolute atomic E-state index is 13.0. The first-order chi connectivity index (χ1) is 15.1. The first kappa shape index (κ1) is 22.4. The van der Waals surface area contributed by atoms with E-state index in [1.807, 2.05) is 0 Å². The van der Waals surface area contributed by atoms with Gasteiger partial charge in [0.25, 0.3) is 0 Å². The molecular formula is C21H25N3O4S3. The summed E-state index contributed by atoms with van der Waals surface area (Å²) in [6.45, 7) is 3.96. The molecule has 0 N–H and O–H groups in total. The van der Waals surface area contributed by atoms with Crippen molar-refractivity contribution >= 4 is 32.7 Å². The fourth-order valence-corrected chi connectivity index (χ4v) is 6.30. The fourth-order valence-electron chi connectivity index (χ4n) is 3.36. The van der Waals surface area contributed by atoms with E-state index in [4.69, 9.17) is 14.5 Å². The summed E-state index contributed by atoms with van der Waals surface area (Å²) in [5.41, 5.74) is 2.19. The van der Waals surface area contributed by atoms with Crippen molar-refractivity contribution in [1.82, 2.24) is 14.2 Å². The predicted octanol–water partition coefficient (Wildman–Crippen LogP) is 3.40. The first-order valence-corrected chi connectivity index (χ1v) is 13.2. The van der Waals surface area contributed by atoms with Gasteiger partial charge in [-0.2, -0.15) is 15.6 Å². The summed E-state index contributed by atoms with van der Waals surface area (Å²) in [4.78, 5) is 7.28. The lowest BCUT2D eigenvalue weighted by Crippen LogP contribution is -2.48. The smallest absolute Gasteiger partial charge is 0.243 e. The Kier molecular flexibility index (Phi) is 7.36. The Bertz CT molecular complexity index is 1060. The van der Waals surface area contributed by atoms with E-state index in [1.165, 1.54) is 0 Å². The van der Waals surface area contributed by atoms with Crippen LogP contribution in [0.3, 0.4) is 0 Å². The van der Waals surface area contributed by atoms with Crippen molar-refractivity contribution in [3.8, 4) is 16.3 Å². The molecule has 0 aliphatic carbocycles. The molecule has 2 aromatic heterocycles. The summed E-state index contributed by atoms with van der Waals surface area (Å²) in [6, 6.07) is 8.66. The quantitative estimate of drug-likeness (QED) is 0.438. The minimum atomic E-state index is -3.51. The number of ether oxygens (including phenoxy) is 2. The van der Waals surface area contributed by atoms with Gasteiger partial charge < -0.3 is 9.47 Å². The lowest BCUT2D eigenvalue weighted by molar-refractivity contribution is 0.146. The SMILES string of the molecule is COCCOc1ccc(S(=O)(=O)N2CCN(Cc3csc(-c4ccsc4)n3)CC2)cc1. The van der Waals surface area contributed by atoms with Gasteiger partial charge in [0, 0.05) is 56.2 Å². The zero-order valence-electron chi connectivity index (χ0n) is 17.3. The van der Waals surface area contributed by atoms with Gasteiger partial charge in [0.1, 0.15) is 17.4 Å². The molecule has 0 unspecified atom stereocenters. The number of methoxy groups -OCH3 is 1. The fraction of sp³-hybridized carbons (Fsp3) is 0.381. The summed E-state index contributed by atoms with van der Waals surface area (Å²) < 4.78 is 38.0. The molecule has 4 rings (SSSR count). The zero-order chi connectivity index (χ0) is 21.7. The molecule has 10 heteroatoms. The Balaban J connectivity index is 1.31. The molecule has 0 saturated carbocycles. The molecule has 0 bridgehead atoms. The number of rotatable bonds is 9. The van der Waals surface area contributed by atoms with Crippen LogP contribution < -0.4 is 4.74 Å². The molecule has 0 amide bonds. The van der Waals surface area contributed by atoms with Gasteiger partial charge in [-0.3, -0.25) is 4.90 Å². The van der Waals surface area contributed by atoms with E-state index < -0.39 is 10.0 Å². The molecule has 1 aromatic carbocycles. The zero-order valence-corrected chi connectivity index (χ0v) is 19.7. The van der Waals surface area contributed by atoms with Gasteiger partial charge in [-0.15, -0.1) is 11.3 Å². The molecule has 1 aliphatic rings. The Morgan fingerprint density at radius 3 is 2.48 bits per heavy atom. The molecule has 3 aromatic rings. The van der Waals surface area contributed by atoms with Gasteiger partial charge in [-0.1, -0.05) is 0 Å². The average Bonchev–Trinajstić information content (AvgIpc) is 3.47. The molecule has 1 aliphatic heterocycles. The second kappa shape index (κ2) is 10.2. The van der Waals surface area contributed by atoms with Crippen molar-refractivity contribution in [2.45, 2.75) is 11.4 Å². The van der Waals surface area contributed by atoms with E-state index in [1.54, 1.807) is 58.4 Å². The number of nitrogens with zero attached hydrogens (tertiary/aromatic N) is 3. The second-order valence-electron chi connectivity index (χ2n) is 7.15. The summed E-state index contributed by atoms with van der Waals surface area (Å²) in [7, 11) is -1.90. The van der Waals surface area contributed by atoms with E-state index in [9.17, 15) is 8.42 Å². The number of aromatic nitrogens is 1. The van der Waals surface area contributed by atoms with Crippen LogP contribution in [0.1, 0.15) is 5.69 Å². The molecule has 1 saturated heterocycles. The Morgan fingerprint density at radius 2 is 1.81 bits per heavy atom. The standard InChI is InChI=1S/C21H25N3O4S3/c1-27-11-12-28-19-2-4-20(5-3-19)31(25,26)24-9-7-23(8-10-24)14-18-16-30-21(22-18)17-6-13-29-15-17/h2-6,13,15-16H,7-12,14H2,1H3. The molecule has 3 heterocycles. The molecule has 166 valence electrons. The monoisotopic (exact) mass is 479 g/mol. The van der Waals surface area contributed by atoms with Crippen LogP contribution in [0.25, 0.3) is 10.6 Å². The van der Waals surface area contributed by atoms with Gasteiger partial charge >= 0.3 is 0 Å². The third kappa shape index (κ3) is 5.51. The van der Waals surface area contributed by atoms with Crippen molar-refractivity contribution in [1.29, 1.82) is 0 Å². The number of piperazine rings is 1. The molecule has 0 atom stereocenters. The Morgan fingerprint density at radius 1 is 1.03 bits per heavy atom. The highest BCUT2D eigenvalue weighted by Gasteiger charge is 2.28. The van der Waals surface area contributed by atoms with Crippen LogP contribution in [0.4, 0.5) is 0 Å². The van der Waals surface area contributed by atoms with Crippen LogP contribution in [-0.2, 0) is 21.3 Å². The van der Waals surface area contributed by atoms with Crippen LogP contribution in [0.2, 0.25) is 0 Å². The summed E-state index contributed by atoms with van der Waals surface area (Å²) in [5.74, 6) is 0.630. The van der Waals surface area contributed by atoms with Gasteiger partial charge in [0.15, 0.2) is 0 Å². The maximum atomic E-state index is 13.0. The van der Waals surface area contributed by atoms with E-state index >= 15 is 0 Å². The van der Waals surface area contributed by atoms with Crippen LogP contribution in [0, 0.1) is 0 Å². The van der Waals surface area contributed by atoms with E-state index in [0.717, 1.165) is 22.8 Å². The predicted molar refractivity (Wildman–Crippen MR) is 123 cm³/mol. The highest BCUT2D eigenvalue weighted by molar-refractivity contribution is 7.89. The largest absolute Gasteiger partial charge is 0.491 e. The third-order valence-electron chi connectivity index (χ3n) is 5.05. The van der Waals surface area contributed by atoms with Crippen molar-refractivity contribution in [3.63, 3.8) is 0 Å². The van der Waals surface area contributed by atoms with Crippen molar-refractivity contribution < 1.29 is 17.9 Å². The number of benzene rings is 1. The topological polar surface area (TPSA) is 72.0 Å². The van der Waals surface area contributed by atoms with Gasteiger partial charge in [0.2, 0.25) is 10.0 Å². The molecular weight excluding hydrogens is 454 g/mol. The first-order valence-electron chi connectivity index (χ1n) is 9.97. The third-order valence-corrected chi connectivity index (χ3v) is 8.59. The normalized spacial score (nSPS) is 15.9. The minimum absolute atomic E-state index is 0.292. The number of thiazole rings is 1. The number of thiophene rings is 1. The minimum Gasteiger partial charge on any atom is -0.491 e. The van der Waals surface area contributed by atoms with Crippen LogP contribution in [-0.4, -0.2) is 69.1 Å². The highest BCUT2D eigenvalue weighted by atomic mass is 32.2. The lowest BCUT2D eigenvalue weighted by atomic mass is 10.3. The number of sulfonamides is 1. The molecule has 7 nitrogen and oxygen atoms in total. The highest BCUT2D eigenvalue weighted by Crippen LogP contribution is 2.27. The second-order valence-corrected chi connectivity index (χ2v) is 10.7. The molecule has 0 radical (unpaired) electrons. The van der Waals surface area contributed by atoms with E-state index in [0.29, 0.717) is 50.0 Å². The number of hydrogen-bond donors (Lipinski definition) is 0. The van der Waals surface area contributed by atoms with Gasteiger partial charge in [-0.25, -0.2) is 13.4 Å². The van der Waals surface area contributed by atoms with Crippen molar-refractivity contribution in [2.24, 2.45) is 0 Å². The van der Waals surface area contributed by atoms with Crippen LogP contribution in [0.5, 0.6) is 5.75 Å². The average molecular weight is 480 g/mol. The van der Waals surface area contributed by atoms with Crippen molar-refractivity contribution in [3.05, 3.63) is 52.2 Å². The summed E-state index contributed by atoms with van der Waals surface area (Å²) >= 11 is 3.32. The van der Waals surface area contributed by atoms with Crippen LogP contribution in [0.15, 0.2) is 51.4 Å². The Labute approximate surface area is 190 Å². The lowest BCUT2D eigenvalue weighted by Gasteiger charge is -2.33. The van der Waals surface area contributed by atoms with E-state index in [2.05, 4.69) is 27.1 Å². The number of hydrogen-bond acceptors (Lipinski definition) is 8. The summed E-state index contributed by atoms with van der Waals surface area (Å²) in [5, 5.41) is 7.28. The van der Waals surface area contributed by atoms with E-state index in [-0.39, 0.29) is 0 Å². The van der Waals surface area contributed by atoms with Crippen molar-refractivity contribution in [2.75, 3.05) is 46.5 Å². The molecule has 1 fully saturated rings. The molecule has 0 spiro atoms. The Hall–Kier alpha value is -1.82. The maximum Gasteiger partial charge on any atom is 0.243 e. The summed E-state index contributed by atoms with van der Waals surface area (Å²) in [6.07, 6.45) is 0. The molecule has 31 heavy (non-hydrogen) atoms. The van der Waals surface area contributed by atoms with Crippen LogP contribution >= 0.6 is 22.7 Å². The van der Waals surface area contributed by atoms with Gasteiger partial charge in [0.05, 0.1) is 17.2 Å².